The molecule has 0 amide bonds. The first-order chi connectivity index (χ1) is 7.06. The molecular formula is C14H28OSi. The minimum Gasteiger partial charge on any atom is -0.413 e. The minimum absolute atomic E-state index is 0.343. The zero-order valence-electron chi connectivity index (χ0n) is 12.1. The summed E-state index contributed by atoms with van der Waals surface area (Å²) in [5.41, 5.74) is 0.431. The van der Waals surface area contributed by atoms with Crippen molar-refractivity contribution in [3.05, 3.63) is 0 Å². The van der Waals surface area contributed by atoms with Crippen LogP contribution < -0.4 is 0 Å². The predicted octanol–water partition coefficient (Wildman–Crippen LogP) is 4.44. The monoisotopic (exact) mass is 240 g/mol. The van der Waals surface area contributed by atoms with E-state index in [0.717, 1.165) is 11.8 Å². The van der Waals surface area contributed by atoms with Crippen LogP contribution in [0.25, 0.3) is 0 Å². The number of fused-ring (bicyclic) bond motifs is 1. The third-order valence-electron chi connectivity index (χ3n) is 5.47. The summed E-state index contributed by atoms with van der Waals surface area (Å²) in [6.45, 7) is 16.6. The lowest BCUT2D eigenvalue weighted by Gasteiger charge is -2.42. The summed E-state index contributed by atoms with van der Waals surface area (Å²) >= 11 is 0. The summed E-state index contributed by atoms with van der Waals surface area (Å²) in [7, 11) is -1.57. The fourth-order valence-corrected chi connectivity index (χ4v) is 4.43. The van der Waals surface area contributed by atoms with Crippen LogP contribution in [-0.2, 0) is 4.43 Å². The van der Waals surface area contributed by atoms with E-state index >= 15 is 0 Å². The van der Waals surface area contributed by atoms with Crippen LogP contribution in [0.4, 0.5) is 0 Å². The summed E-state index contributed by atoms with van der Waals surface area (Å²) < 4.78 is 6.62. The molecular weight excluding hydrogens is 212 g/mol. The molecule has 0 heterocycles. The quantitative estimate of drug-likeness (QED) is 0.648. The van der Waals surface area contributed by atoms with E-state index in [1.165, 1.54) is 12.8 Å². The Bertz CT molecular complexity index is 288. The summed E-state index contributed by atoms with van der Waals surface area (Å²) in [6.07, 6.45) is 3.31. The highest BCUT2D eigenvalue weighted by Gasteiger charge is 2.60. The van der Waals surface area contributed by atoms with Gasteiger partial charge in [0.05, 0.1) is 6.10 Å². The lowest BCUT2D eigenvalue weighted by atomic mass is 9.85. The molecule has 2 aliphatic rings. The Labute approximate surface area is 102 Å². The first-order valence-electron chi connectivity index (χ1n) is 6.73. The van der Waals surface area contributed by atoms with Gasteiger partial charge < -0.3 is 4.43 Å². The molecule has 0 N–H and O–H groups in total. The van der Waals surface area contributed by atoms with Gasteiger partial charge in [-0.1, -0.05) is 34.6 Å². The maximum absolute atomic E-state index is 6.62. The summed E-state index contributed by atoms with van der Waals surface area (Å²) in [5.74, 6) is 1.95. The Hall–Kier alpha value is 0.177. The van der Waals surface area contributed by atoms with Gasteiger partial charge in [-0.05, 0) is 48.2 Å². The third kappa shape index (κ3) is 1.88. The van der Waals surface area contributed by atoms with Gasteiger partial charge in [-0.15, -0.1) is 0 Å². The first-order valence-corrected chi connectivity index (χ1v) is 9.64. The number of rotatable bonds is 2. The fourth-order valence-electron chi connectivity index (χ4n) is 2.97. The zero-order valence-corrected chi connectivity index (χ0v) is 13.1. The highest BCUT2D eigenvalue weighted by atomic mass is 28.4. The van der Waals surface area contributed by atoms with Crippen molar-refractivity contribution in [1.29, 1.82) is 0 Å². The topological polar surface area (TPSA) is 9.23 Å². The molecule has 0 spiro atoms. The molecule has 2 rings (SSSR count). The molecule has 0 unspecified atom stereocenters. The van der Waals surface area contributed by atoms with Crippen molar-refractivity contribution in [2.24, 2.45) is 17.3 Å². The second-order valence-electron chi connectivity index (χ2n) is 8.03. The third-order valence-corrected chi connectivity index (χ3v) is 9.95. The Morgan fingerprint density at radius 1 is 1.12 bits per heavy atom. The molecule has 2 aliphatic carbocycles. The van der Waals surface area contributed by atoms with E-state index in [9.17, 15) is 0 Å². The van der Waals surface area contributed by atoms with Crippen LogP contribution in [0.3, 0.4) is 0 Å². The highest BCUT2D eigenvalue weighted by molar-refractivity contribution is 6.74. The molecule has 2 heteroatoms. The van der Waals surface area contributed by atoms with E-state index in [-0.39, 0.29) is 0 Å². The minimum atomic E-state index is -1.57. The second-order valence-corrected chi connectivity index (χ2v) is 12.8. The van der Waals surface area contributed by atoms with Crippen molar-refractivity contribution in [3.63, 3.8) is 0 Å². The number of hydrogen-bond donors (Lipinski definition) is 0. The molecule has 2 fully saturated rings. The van der Waals surface area contributed by atoms with Gasteiger partial charge in [0.25, 0.3) is 0 Å². The van der Waals surface area contributed by atoms with Crippen LogP contribution in [0.15, 0.2) is 0 Å². The molecule has 0 bridgehead atoms. The largest absolute Gasteiger partial charge is 0.413 e. The molecule has 0 aliphatic heterocycles. The van der Waals surface area contributed by atoms with Crippen LogP contribution in [-0.4, -0.2) is 14.4 Å². The molecule has 0 aromatic heterocycles. The molecule has 0 aromatic carbocycles. The van der Waals surface area contributed by atoms with E-state index < -0.39 is 8.32 Å². The highest BCUT2D eigenvalue weighted by Crippen LogP contribution is 2.63. The van der Waals surface area contributed by atoms with E-state index in [4.69, 9.17) is 4.43 Å². The Morgan fingerprint density at radius 2 is 1.69 bits per heavy atom. The standard InChI is InChI=1S/C14H28OSi/c1-13(2,3)16(6,7)15-12-9-10-8-11(10)14(12,4)5/h10-12H,8-9H2,1-7H3/t10-,11-,12-/m0/s1. The average molecular weight is 240 g/mol. The summed E-state index contributed by atoms with van der Waals surface area (Å²) in [4.78, 5) is 0. The fraction of sp³-hybridized carbons (Fsp3) is 1.00. The van der Waals surface area contributed by atoms with E-state index in [1.54, 1.807) is 0 Å². The van der Waals surface area contributed by atoms with Crippen molar-refractivity contribution in [1.82, 2.24) is 0 Å². The summed E-state index contributed by atoms with van der Waals surface area (Å²) in [5, 5.41) is 0.343. The van der Waals surface area contributed by atoms with Crippen LogP contribution in [0.2, 0.25) is 18.1 Å². The number of hydrogen-bond acceptors (Lipinski definition) is 1. The van der Waals surface area contributed by atoms with Crippen LogP contribution >= 0.6 is 0 Å². The normalized spacial score (nSPS) is 37.3. The van der Waals surface area contributed by atoms with Crippen LogP contribution in [0, 0.1) is 17.3 Å². The molecule has 0 aromatic rings. The SMILES string of the molecule is CC1(C)[C@@H](O[Si](C)(C)C(C)(C)C)C[C@@H]2C[C@@H]21. The summed E-state index contributed by atoms with van der Waals surface area (Å²) in [6, 6.07) is 0. The first kappa shape index (κ1) is 12.6. The van der Waals surface area contributed by atoms with Crippen molar-refractivity contribution in [2.45, 2.75) is 71.7 Å². The molecule has 16 heavy (non-hydrogen) atoms. The van der Waals surface area contributed by atoms with Gasteiger partial charge in [-0.25, -0.2) is 0 Å². The lowest BCUT2D eigenvalue weighted by molar-refractivity contribution is 0.0666. The average Bonchev–Trinajstić information content (AvgIpc) is 2.75. The van der Waals surface area contributed by atoms with Crippen LogP contribution in [0.5, 0.6) is 0 Å². The maximum atomic E-state index is 6.62. The van der Waals surface area contributed by atoms with Gasteiger partial charge in [-0.3, -0.25) is 0 Å². The van der Waals surface area contributed by atoms with Gasteiger partial charge in [0.1, 0.15) is 0 Å². The van der Waals surface area contributed by atoms with Gasteiger partial charge in [0.2, 0.25) is 0 Å². The smallest absolute Gasteiger partial charge is 0.192 e. The predicted molar refractivity (Wildman–Crippen MR) is 72.1 cm³/mol. The van der Waals surface area contributed by atoms with Gasteiger partial charge in [-0.2, -0.15) is 0 Å². The molecule has 3 atom stereocenters. The molecule has 0 saturated heterocycles. The van der Waals surface area contributed by atoms with Crippen molar-refractivity contribution < 1.29 is 4.43 Å². The van der Waals surface area contributed by atoms with Crippen molar-refractivity contribution in [2.75, 3.05) is 0 Å². The van der Waals surface area contributed by atoms with E-state index in [2.05, 4.69) is 47.7 Å². The molecule has 94 valence electrons. The second kappa shape index (κ2) is 3.35. The van der Waals surface area contributed by atoms with Gasteiger partial charge >= 0.3 is 0 Å². The van der Waals surface area contributed by atoms with E-state index in [1.807, 2.05) is 0 Å². The maximum Gasteiger partial charge on any atom is 0.192 e. The lowest BCUT2D eigenvalue weighted by Crippen LogP contribution is -2.47. The molecule has 2 saturated carbocycles. The molecule has 1 nitrogen and oxygen atoms in total. The van der Waals surface area contributed by atoms with Gasteiger partial charge in [0, 0.05) is 0 Å². The Balaban J connectivity index is 2.06. The van der Waals surface area contributed by atoms with Crippen LogP contribution in [0.1, 0.15) is 47.5 Å². The zero-order chi connectivity index (χ0) is 12.4. The van der Waals surface area contributed by atoms with Crippen molar-refractivity contribution >= 4 is 8.32 Å². The Morgan fingerprint density at radius 3 is 2.06 bits per heavy atom. The Kier molecular flexibility index (Phi) is 2.64. The van der Waals surface area contributed by atoms with E-state index in [0.29, 0.717) is 16.6 Å². The van der Waals surface area contributed by atoms with Crippen molar-refractivity contribution in [3.8, 4) is 0 Å². The molecule has 0 radical (unpaired) electrons. The van der Waals surface area contributed by atoms with Gasteiger partial charge in [0.15, 0.2) is 8.32 Å².